The highest BCUT2D eigenvalue weighted by molar-refractivity contribution is 6.09. The zero-order valence-electron chi connectivity index (χ0n) is 19.6. The van der Waals surface area contributed by atoms with Crippen molar-refractivity contribution >= 4 is 22.9 Å². The Morgan fingerprint density at radius 2 is 1.97 bits per heavy atom. The van der Waals surface area contributed by atoms with E-state index in [9.17, 15) is 9.18 Å². The molecule has 2 atom stereocenters. The molecule has 6 rings (SSSR count). The second-order valence-corrected chi connectivity index (χ2v) is 8.97. The second kappa shape index (κ2) is 8.26. The summed E-state index contributed by atoms with van der Waals surface area (Å²) in [4.78, 5) is 22.0. The molecule has 0 aliphatic heterocycles. The van der Waals surface area contributed by atoms with Crippen LogP contribution in [0.1, 0.15) is 39.8 Å². The molecule has 3 N–H and O–H groups in total. The van der Waals surface area contributed by atoms with Crippen LogP contribution in [-0.4, -0.2) is 36.8 Å². The van der Waals surface area contributed by atoms with E-state index in [0.717, 1.165) is 22.4 Å². The number of carbonyl (C=O) groups is 1. The lowest BCUT2D eigenvalue weighted by Gasteiger charge is -2.10. The summed E-state index contributed by atoms with van der Waals surface area (Å²) in [6.07, 6.45) is 2.83. The van der Waals surface area contributed by atoms with Gasteiger partial charge in [0.05, 0.1) is 23.2 Å². The van der Waals surface area contributed by atoms with Crippen LogP contribution in [0.25, 0.3) is 28.0 Å². The zero-order chi connectivity index (χ0) is 25.0. The molecule has 1 aromatic carbocycles. The van der Waals surface area contributed by atoms with E-state index in [1.807, 2.05) is 44.2 Å². The molecule has 0 spiro atoms. The average Bonchev–Trinajstić information content (AvgIpc) is 3.23. The number of benzene rings is 1. The molecule has 1 saturated carbocycles. The molecule has 0 saturated heterocycles. The van der Waals surface area contributed by atoms with Crippen LogP contribution in [-0.2, 0) is 0 Å². The van der Waals surface area contributed by atoms with E-state index in [1.54, 1.807) is 22.8 Å². The number of pyridine rings is 2. The summed E-state index contributed by atoms with van der Waals surface area (Å²) in [7, 11) is 0. The Balaban J connectivity index is 1.30. The molecule has 0 unspecified atom stereocenters. The highest BCUT2D eigenvalue weighted by Gasteiger charge is 2.43. The Morgan fingerprint density at radius 1 is 1.14 bits per heavy atom. The molecular formula is C26H22FN7O2. The number of nitrogens with one attached hydrogen (secondary N) is 1. The molecule has 5 aromatic rings. The third kappa shape index (κ3) is 3.86. The smallest absolute Gasteiger partial charge is 0.259 e. The van der Waals surface area contributed by atoms with E-state index in [4.69, 9.17) is 10.3 Å². The van der Waals surface area contributed by atoms with Crippen molar-refractivity contribution in [2.45, 2.75) is 32.4 Å². The molecule has 10 heteroatoms. The molecule has 4 heterocycles. The minimum atomic E-state index is -0.919. The topological polar surface area (TPSA) is 124 Å². The van der Waals surface area contributed by atoms with Crippen LogP contribution in [0.4, 0.5) is 15.9 Å². The summed E-state index contributed by atoms with van der Waals surface area (Å²) in [6, 6.07) is 13.0. The van der Waals surface area contributed by atoms with Gasteiger partial charge in [-0.1, -0.05) is 17.3 Å². The summed E-state index contributed by atoms with van der Waals surface area (Å²) < 4.78 is 20.2. The van der Waals surface area contributed by atoms with E-state index in [1.165, 1.54) is 6.20 Å². The number of nitrogens with zero attached hydrogens (tertiary/aromatic N) is 5. The van der Waals surface area contributed by atoms with Crippen molar-refractivity contribution in [3.8, 4) is 22.5 Å². The van der Waals surface area contributed by atoms with Crippen LogP contribution in [0.15, 0.2) is 59.4 Å². The van der Waals surface area contributed by atoms with Crippen molar-refractivity contribution in [2.75, 3.05) is 11.1 Å². The van der Waals surface area contributed by atoms with E-state index in [-0.39, 0.29) is 11.8 Å². The number of aromatic nitrogens is 5. The first kappa shape index (κ1) is 21.9. The van der Waals surface area contributed by atoms with Gasteiger partial charge in [0.25, 0.3) is 5.91 Å². The predicted octanol–water partition coefficient (Wildman–Crippen LogP) is 4.72. The van der Waals surface area contributed by atoms with Gasteiger partial charge in [0.2, 0.25) is 11.7 Å². The van der Waals surface area contributed by atoms with Crippen LogP contribution in [0.2, 0.25) is 0 Å². The maximum atomic E-state index is 13.3. The first-order chi connectivity index (χ1) is 17.4. The summed E-state index contributed by atoms with van der Waals surface area (Å²) in [5.41, 5.74) is 11.6. The molecule has 0 radical (unpaired) electrons. The van der Waals surface area contributed by atoms with Gasteiger partial charge in [0, 0.05) is 28.7 Å². The summed E-state index contributed by atoms with van der Waals surface area (Å²) >= 11 is 0. The van der Waals surface area contributed by atoms with Crippen LogP contribution in [0.3, 0.4) is 0 Å². The van der Waals surface area contributed by atoms with Gasteiger partial charge in [-0.15, -0.1) is 0 Å². The summed E-state index contributed by atoms with van der Waals surface area (Å²) in [5, 5.41) is 11.3. The Hall–Kier alpha value is -4.60. The fraction of sp³-hybridized carbons (Fsp3) is 0.192. The number of amides is 1. The molecule has 1 fully saturated rings. The number of hydrogen-bond donors (Lipinski definition) is 2. The number of aryl methyl sites for hydroxylation is 2. The number of carbonyl (C=O) groups excluding carboxylic acids is 1. The Bertz CT molecular complexity index is 1640. The third-order valence-electron chi connectivity index (χ3n) is 6.40. The number of anilines is 2. The first-order valence-electron chi connectivity index (χ1n) is 11.5. The highest BCUT2D eigenvalue weighted by atomic mass is 19.1. The van der Waals surface area contributed by atoms with Crippen molar-refractivity contribution < 1.29 is 13.7 Å². The lowest BCUT2D eigenvalue weighted by atomic mass is 10.0. The molecule has 180 valence electrons. The van der Waals surface area contributed by atoms with E-state index in [0.29, 0.717) is 46.3 Å². The van der Waals surface area contributed by atoms with E-state index < -0.39 is 6.17 Å². The van der Waals surface area contributed by atoms with E-state index in [2.05, 4.69) is 25.5 Å². The zero-order valence-corrected chi connectivity index (χ0v) is 19.6. The van der Waals surface area contributed by atoms with Crippen LogP contribution < -0.4 is 11.1 Å². The Kier molecular flexibility index (Phi) is 5.03. The van der Waals surface area contributed by atoms with Crippen LogP contribution >= 0.6 is 0 Å². The van der Waals surface area contributed by atoms with Gasteiger partial charge < -0.3 is 15.6 Å². The molecule has 36 heavy (non-hydrogen) atoms. The maximum absolute atomic E-state index is 13.3. The number of nitrogen functional groups attached to an aromatic ring is 1. The Labute approximate surface area is 205 Å². The van der Waals surface area contributed by atoms with Crippen molar-refractivity contribution in [1.29, 1.82) is 0 Å². The molecule has 1 aliphatic carbocycles. The number of halogens is 1. The molecule has 1 aliphatic rings. The fourth-order valence-electron chi connectivity index (χ4n) is 4.22. The van der Waals surface area contributed by atoms with Gasteiger partial charge in [0.15, 0.2) is 0 Å². The van der Waals surface area contributed by atoms with Gasteiger partial charge in [-0.05, 0) is 61.7 Å². The fourth-order valence-corrected chi connectivity index (χ4v) is 4.22. The molecule has 4 aromatic heterocycles. The van der Waals surface area contributed by atoms with E-state index >= 15 is 0 Å². The lowest BCUT2D eigenvalue weighted by Crippen LogP contribution is -2.12. The maximum Gasteiger partial charge on any atom is 0.259 e. The quantitative estimate of drug-likeness (QED) is 0.370. The van der Waals surface area contributed by atoms with Gasteiger partial charge in [-0.25, -0.2) is 13.9 Å². The first-order valence-corrected chi connectivity index (χ1v) is 11.5. The minimum absolute atomic E-state index is 0.303. The SMILES string of the molecule is Cc1ccc(-c2noc([C@H]3C[C@@H]3F)n2)cc1NC(=O)c1cnn2ccc(-c3ccc(N)nc3C)cc12. The lowest BCUT2D eigenvalue weighted by molar-refractivity contribution is 0.102. The number of hydrogen-bond acceptors (Lipinski definition) is 7. The third-order valence-corrected chi connectivity index (χ3v) is 6.40. The van der Waals surface area contributed by atoms with Crippen molar-refractivity contribution in [3.63, 3.8) is 0 Å². The molecular weight excluding hydrogens is 461 g/mol. The highest BCUT2D eigenvalue weighted by Crippen LogP contribution is 2.43. The monoisotopic (exact) mass is 483 g/mol. The normalized spacial score (nSPS) is 16.9. The number of fused-ring (bicyclic) bond motifs is 1. The summed E-state index contributed by atoms with van der Waals surface area (Å²) in [5.74, 6) is 0.492. The molecule has 9 nitrogen and oxygen atoms in total. The van der Waals surface area contributed by atoms with Gasteiger partial charge in [0.1, 0.15) is 12.0 Å². The number of nitrogens with two attached hydrogens (primary N) is 1. The van der Waals surface area contributed by atoms with Gasteiger partial charge in [-0.2, -0.15) is 10.1 Å². The van der Waals surface area contributed by atoms with Crippen molar-refractivity contribution in [3.05, 3.63) is 77.6 Å². The van der Waals surface area contributed by atoms with Crippen molar-refractivity contribution in [2.24, 2.45) is 0 Å². The second-order valence-electron chi connectivity index (χ2n) is 8.97. The van der Waals surface area contributed by atoms with Crippen LogP contribution in [0, 0.1) is 13.8 Å². The number of rotatable bonds is 5. The summed E-state index contributed by atoms with van der Waals surface area (Å²) in [6.45, 7) is 3.78. The standard InChI is InChI=1S/C26H22FN7O2/c1-13-3-4-16(24-32-26(36-33-24)18-11-20(18)27)9-21(13)31-25(35)19-12-29-34-8-7-15(10-22(19)34)17-5-6-23(28)30-14(17)2/h3-10,12,18,20H,11H2,1-2H3,(H2,28,30)(H,31,35)/t18-,20-/m0/s1. The van der Waals surface area contributed by atoms with Crippen molar-refractivity contribution in [1.82, 2.24) is 24.7 Å². The minimum Gasteiger partial charge on any atom is -0.384 e. The van der Waals surface area contributed by atoms with Gasteiger partial charge >= 0.3 is 0 Å². The number of alkyl halides is 1. The molecule has 0 bridgehead atoms. The molecule has 1 amide bonds. The van der Waals surface area contributed by atoms with Crippen LogP contribution in [0.5, 0.6) is 0 Å². The Morgan fingerprint density at radius 3 is 2.75 bits per heavy atom. The van der Waals surface area contributed by atoms with Gasteiger partial charge in [-0.3, -0.25) is 4.79 Å². The predicted molar refractivity (Wildman–Crippen MR) is 132 cm³/mol. The average molecular weight is 484 g/mol. The largest absolute Gasteiger partial charge is 0.384 e.